The summed E-state index contributed by atoms with van der Waals surface area (Å²) in [5, 5.41) is 15.7. The fourth-order valence-corrected chi connectivity index (χ4v) is 5.13. The Bertz CT molecular complexity index is 1450. The van der Waals surface area contributed by atoms with E-state index in [0.717, 1.165) is 36.2 Å². The number of nitrogens with zero attached hydrogens (tertiary/aromatic N) is 5. The summed E-state index contributed by atoms with van der Waals surface area (Å²) in [4.78, 5) is 14.9. The van der Waals surface area contributed by atoms with Crippen LogP contribution in [0.2, 0.25) is 0 Å². The zero-order valence-corrected chi connectivity index (χ0v) is 21.3. The lowest BCUT2D eigenvalue weighted by Crippen LogP contribution is -2.35. The van der Waals surface area contributed by atoms with Crippen molar-refractivity contribution in [1.29, 1.82) is 0 Å². The number of aromatic nitrogens is 4. The average Bonchev–Trinajstić information content (AvgIpc) is 3.62. The van der Waals surface area contributed by atoms with E-state index in [2.05, 4.69) is 37.9 Å². The molecule has 1 N–H and O–H groups in total. The van der Waals surface area contributed by atoms with Crippen molar-refractivity contribution < 1.29 is 19.0 Å². The van der Waals surface area contributed by atoms with Crippen LogP contribution in [0.25, 0.3) is 5.69 Å². The fraction of sp³-hybridized carbons (Fsp3) is 0.286. The first-order valence-corrected chi connectivity index (χ1v) is 12.5. The van der Waals surface area contributed by atoms with Gasteiger partial charge >= 0.3 is 0 Å². The van der Waals surface area contributed by atoms with Gasteiger partial charge in [0.2, 0.25) is 12.5 Å². The van der Waals surface area contributed by atoms with Crippen LogP contribution in [0, 0.1) is 0 Å². The topological polar surface area (TPSA) is 104 Å². The molecule has 10 heteroatoms. The second kappa shape index (κ2) is 10.1. The lowest BCUT2D eigenvalue weighted by molar-refractivity contribution is 0.0954. The third kappa shape index (κ3) is 4.32. The predicted molar refractivity (Wildman–Crippen MR) is 139 cm³/mol. The number of nitrogens with one attached hydrogen (secondary N) is 1. The minimum absolute atomic E-state index is 0.119. The molecule has 0 radical (unpaired) electrons. The minimum Gasteiger partial charge on any atom is -0.492 e. The maximum Gasteiger partial charge on any atom is 0.251 e. The quantitative estimate of drug-likeness (QED) is 0.403. The number of ether oxygens (including phenoxy) is 3. The lowest BCUT2D eigenvalue weighted by Gasteiger charge is -2.34. The van der Waals surface area contributed by atoms with E-state index >= 15 is 0 Å². The summed E-state index contributed by atoms with van der Waals surface area (Å²) in [5.74, 6) is 2.47. The van der Waals surface area contributed by atoms with Crippen LogP contribution in [-0.4, -0.2) is 65.1 Å². The molecule has 38 heavy (non-hydrogen) atoms. The number of fused-ring (bicyclic) bond motifs is 2. The van der Waals surface area contributed by atoms with Gasteiger partial charge in [-0.25, -0.2) is 0 Å². The zero-order valence-electron chi connectivity index (χ0n) is 21.3. The average molecular weight is 513 g/mol. The van der Waals surface area contributed by atoms with Crippen LogP contribution in [0.15, 0.2) is 60.7 Å². The molecule has 2 aliphatic heterocycles. The Morgan fingerprint density at radius 2 is 1.95 bits per heavy atom. The van der Waals surface area contributed by atoms with Crippen LogP contribution < -0.4 is 19.5 Å². The summed E-state index contributed by atoms with van der Waals surface area (Å²) in [6.07, 6.45) is 1.61. The number of hydrogen-bond acceptors (Lipinski definition) is 8. The van der Waals surface area contributed by atoms with Gasteiger partial charge in [0.15, 0.2) is 17.3 Å². The molecule has 2 aliphatic rings. The molecular formula is C28H28N6O4. The zero-order chi connectivity index (χ0) is 26.1. The highest BCUT2D eigenvalue weighted by atomic mass is 16.7. The number of hydrogen-bond donors (Lipinski definition) is 1. The summed E-state index contributed by atoms with van der Waals surface area (Å²) in [6, 6.07) is 19.1. The van der Waals surface area contributed by atoms with Crippen LogP contribution >= 0.6 is 0 Å². The SMILES string of the molecule is COc1c2c(cc3c1[C@@H](c1nnnn1-c1ccc(C(=O)NCCc4ccccc4)cc1)N(C)CC3)OCO2. The van der Waals surface area contributed by atoms with Gasteiger partial charge in [-0.15, -0.1) is 5.10 Å². The molecule has 1 amide bonds. The molecule has 4 aromatic rings. The van der Waals surface area contributed by atoms with Gasteiger partial charge in [0, 0.05) is 24.2 Å². The Morgan fingerprint density at radius 1 is 1.13 bits per heavy atom. The minimum atomic E-state index is -0.265. The van der Waals surface area contributed by atoms with Crippen molar-refractivity contribution in [2.45, 2.75) is 18.9 Å². The van der Waals surface area contributed by atoms with Gasteiger partial charge in [-0.1, -0.05) is 30.3 Å². The highest BCUT2D eigenvalue weighted by Crippen LogP contribution is 2.50. The van der Waals surface area contributed by atoms with E-state index in [1.54, 1.807) is 23.9 Å². The van der Waals surface area contributed by atoms with Gasteiger partial charge in [0.1, 0.15) is 6.04 Å². The number of likely N-dealkylation sites (N-methyl/N-ethyl adjacent to an activating group) is 1. The van der Waals surface area contributed by atoms with Gasteiger partial charge < -0.3 is 19.5 Å². The van der Waals surface area contributed by atoms with Gasteiger partial charge in [-0.3, -0.25) is 9.69 Å². The van der Waals surface area contributed by atoms with Crippen molar-refractivity contribution in [3.05, 3.63) is 88.7 Å². The maximum absolute atomic E-state index is 12.7. The molecule has 0 bridgehead atoms. The Morgan fingerprint density at radius 3 is 2.74 bits per heavy atom. The molecular weight excluding hydrogens is 484 g/mol. The summed E-state index contributed by atoms with van der Waals surface area (Å²) < 4.78 is 18.9. The van der Waals surface area contributed by atoms with E-state index in [9.17, 15) is 4.79 Å². The molecule has 3 aromatic carbocycles. The third-order valence-corrected chi connectivity index (χ3v) is 7.05. The first kappa shape index (κ1) is 23.9. The maximum atomic E-state index is 12.7. The van der Waals surface area contributed by atoms with Gasteiger partial charge in [-0.2, -0.15) is 4.68 Å². The van der Waals surface area contributed by atoms with Crippen molar-refractivity contribution in [3.8, 4) is 22.9 Å². The standard InChI is InChI=1S/C28H28N6O4/c1-33-15-13-20-16-22-25(38-17-37-22)26(36-2)23(20)24(33)27-30-31-32-34(27)21-10-8-19(9-11-21)28(35)29-14-12-18-6-4-3-5-7-18/h3-11,16,24H,12-15,17H2,1-2H3,(H,29,35)/t24-/m0/s1. The van der Waals surface area contributed by atoms with E-state index in [4.69, 9.17) is 14.2 Å². The molecule has 194 valence electrons. The lowest BCUT2D eigenvalue weighted by atomic mass is 9.90. The molecule has 1 atom stereocenters. The van der Waals surface area contributed by atoms with Crippen LogP contribution in [-0.2, 0) is 12.8 Å². The Labute approximate surface area is 220 Å². The van der Waals surface area contributed by atoms with Crippen LogP contribution in [0.3, 0.4) is 0 Å². The van der Waals surface area contributed by atoms with Gasteiger partial charge in [0.05, 0.1) is 12.8 Å². The number of rotatable bonds is 7. The summed E-state index contributed by atoms with van der Waals surface area (Å²) >= 11 is 0. The molecule has 0 saturated heterocycles. The number of amides is 1. The normalized spacial score (nSPS) is 16.2. The number of benzene rings is 3. The molecule has 6 rings (SSSR count). The van der Waals surface area contributed by atoms with E-state index in [1.165, 1.54) is 5.56 Å². The number of tetrazole rings is 1. The molecule has 0 saturated carbocycles. The number of carbonyl (C=O) groups is 1. The molecule has 0 fully saturated rings. The van der Waals surface area contributed by atoms with Crippen molar-refractivity contribution >= 4 is 5.91 Å². The fourth-order valence-electron chi connectivity index (χ4n) is 5.13. The Balaban J connectivity index is 1.25. The third-order valence-electron chi connectivity index (χ3n) is 7.05. The van der Waals surface area contributed by atoms with Crippen molar-refractivity contribution in [2.24, 2.45) is 0 Å². The van der Waals surface area contributed by atoms with Gasteiger partial charge in [-0.05, 0) is 71.8 Å². The Kier molecular flexibility index (Phi) is 6.38. The number of methoxy groups -OCH3 is 1. The number of carbonyl (C=O) groups excluding carboxylic acids is 1. The molecule has 0 aliphatic carbocycles. The van der Waals surface area contributed by atoms with Crippen molar-refractivity contribution in [2.75, 3.05) is 34.0 Å². The molecule has 0 unspecified atom stereocenters. The first-order chi connectivity index (χ1) is 18.6. The molecule has 0 spiro atoms. The smallest absolute Gasteiger partial charge is 0.251 e. The Hall–Kier alpha value is -4.44. The van der Waals surface area contributed by atoms with E-state index in [1.807, 2.05) is 43.4 Å². The molecule has 10 nitrogen and oxygen atoms in total. The highest BCUT2D eigenvalue weighted by molar-refractivity contribution is 5.94. The van der Waals surface area contributed by atoms with Crippen LogP contribution in [0.5, 0.6) is 17.2 Å². The predicted octanol–water partition coefficient (Wildman–Crippen LogP) is 2.95. The van der Waals surface area contributed by atoms with Crippen LogP contribution in [0.4, 0.5) is 0 Å². The van der Waals surface area contributed by atoms with Gasteiger partial charge in [0.25, 0.3) is 5.91 Å². The summed E-state index contributed by atoms with van der Waals surface area (Å²) in [7, 11) is 3.68. The second-order valence-corrected chi connectivity index (χ2v) is 9.34. The van der Waals surface area contributed by atoms with E-state index in [0.29, 0.717) is 35.2 Å². The summed E-state index contributed by atoms with van der Waals surface area (Å²) in [5.41, 5.74) is 4.60. The highest BCUT2D eigenvalue weighted by Gasteiger charge is 2.37. The monoisotopic (exact) mass is 512 g/mol. The van der Waals surface area contributed by atoms with E-state index in [-0.39, 0.29) is 18.7 Å². The second-order valence-electron chi connectivity index (χ2n) is 9.34. The molecule has 1 aromatic heterocycles. The van der Waals surface area contributed by atoms with Crippen molar-refractivity contribution in [3.63, 3.8) is 0 Å². The first-order valence-electron chi connectivity index (χ1n) is 12.5. The van der Waals surface area contributed by atoms with Crippen LogP contribution in [0.1, 0.15) is 38.9 Å². The molecule has 3 heterocycles. The largest absolute Gasteiger partial charge is 0.492 e. The summed E-state index contributed by atoms with van der Waals surface area (Å²) in [6.45, 7) is 1.55. The van der Waals surface area contributed by atoms with Crippen molar-refractivity contribution in [1.82, 2.24) is 30.4 Å². The van der Waals surface area contributed by atoms with E-state index < -0.39 is 0 Å².